The molecule has 2 aromatic carbocycles. The van der Waals surface area contributed by atoms with Gasteiger partial charge in [0.2, 0.25) is 0 Å². The predicted octanol–water partition coefficient (Wildman–Crippen LogP) is 5.35. The molecule has 3 aromatic rings. The summed E-state index contributed by atoms with van der Waals surface area (Å²) in [5.74, 6) is -0.640. The number of thiophene rings is 1. The summed E-state index contributed by atoms with van der Waals surface area (Å²) < 4.78 is 0. The van der Waals surface area contributed by atoms with Gasteiger partial charge in [-0.25, -0.2) is 0 Å². The number of ketones is 2. The second-order valence-electron chi connectivity index (χ2n) is 7.99. The molecule has 148 valence electrons. The monoisotopic (exact) mass is 403 g/mol. The first kappa shape index (κ1) is 19.7. The first-order valence-electron chi connectivity index (χ1n) is 9.91. The second kappa shape index (κ2) is 8.05. The first-order chi connectivity index (χ1) is 14.0. The quantitative estimate of drug-likeness (QED) is 0.539. The van der Waals surface area contributed by atoms with Crippen LogP contribution in [-0.4, -0.2) is 30.1 Å². The summed E-state index contributed by atoms with van der Waals surface area (Å²) in [6.45, 7) is 4.60. The number of carbonyl (C=O) groups excluding carboxylic acids is 2. The van der Waals surface area contributed by atoms with E-state index in [1.165, 1.54) is 0 Å². The number of nitrogens with zero attached hydrogens (tertiary/aromatic N) is 1. The molecule has 3 nitrogen and oxygen atoms in total. The van der Waals surface area contributed by atoms with E-state index in [0.717, 1.165) is 16.0 Å². The van der Waals surface area contributed by atoms with E-state index < -0.39 is 5.92 Å². The van der Waals surface area contributed by atoms with Crippen LogP contribution in [-0.2, 0) is 0 Å². The highest BCUT2D eigenvalue weighted by Gasteiger charge is 2.48. The lowest BCUT2D eigenvalue weighted by Gasteiger charge is -2.24. The van der Waals surface area contributed by atoms with Gasteiger partial charge in [0.25, 0.3) is 0 Å². The number of benzene rings is 2. The fraction of sp³-hybridized carbons (Fsp3) is 0.280. The Kier molecular flexibility index (Phi) is 5.48. The van der Waals surface area contributed by atoms with Crippen molar-refractivity contribution in [2.24, 2.45) is 11.8 Å². The molecule has 0 aliphatic carbocycles. The molecular formula is C25H25NO2S. The van der Waals surface area contributed by atoms with Crippen LogP contribution in [0, 0.1) is 25.7 Å². The maximum atomic E-state index is 13.6. The standard InChI is InChI=1S/C25H25NO2S/c1-16-6-10-18(11-7-16)24(27)20-15-26(3)23(21-5-4-14-29-21)22(20)25(28)19-12-8-17(2)9-13-19/h4-14,20,22-23H,15H2,1-3H3/t20-,22+,23+/m1/s1. The Labute approximate surface area is 176 Å². The van der Waals surface area contributed by atoms with Gasteiger partial charge in [-0.1, -0.05) is 65.7 Å². The van der Waals surface area contributed by atoms with Crippen LogP contribution in [0.15, 0.2) is 66.0 Å². The van der Waals surface area contributed by atoms with Gasteiger partial charge >= 0.3 is 0 Å². The van der Waals surface area contributed by atoms with Crippen molar-refractivity contribution in [2.75, 3.05) is 13.6 Å². The number of likely N-dealkylation sites (tertiary alicyclic amines) is 1. The summed E-state index contributed by atoms with van der Waals surface area (Å²) in [6, 6.07) is 19.4. The molecule has 2 heterocycles. The Balaban J connectivity index is 1.74. The molecular weight excluding hydrogens is 378 g/mol. The van der Waals surface area contributed by atoms with Crippen molar-refractivity contribution in [3.8, 4) is 0 Å². The Morgan fingerprint density at radius 1 is 0.862 bits per heavy atom. The summed E-state index contributed by atoms with van der Waals surface area (Å²) in [5.41, 5.74) is 3.60. The van der Waals surface area contributed by atoms with Crippen LogP contribution < -0.4 is 0 Å². The van der Waals surface area contributed by atoms with E-state index in [-0.39, 0.29) is 23.5 Å². The minimum atomic E-state index is -0.393. The van der Waals surface area contributed by atoms with Gasteiger partial charge < -0.3 is 0 Å². The minimum absolute atomic E-state index is 0.0539. The molecule has 0 amide bonds. The van der Waals surface area contributed by atoms with Crippen LogP contribution in [0.2, 0.25) is 0 Å². The summed E-state index contributed by atoms with van der Waals surface area (Å²) in [6.07, 6.45) is 0. The molecule has 29 heavy (non-hydrogen) atoms. The van der Waals surface area contributed by atoms with E-state index in [0.29, 0.717) is 17.7 Å². The van der Waals surface area contributed by atoms with Gasteiger partial charge in [-0.05, 0) is 32.3 Å². The molecule has 1 aromatic heterocycles. The number of carbonyl (C=O) groups is 2. The van der Waals surface area contributed by atoms with Crippen molar-refractivity contribution >= 4 is 22.9 Å². The molecule has 3 atom stereocenters. The lowest BCUT2D eigenvalue weighted by Crippen LogP contribution is -2.30. The van der Waals surface area contributed by atoms with Crippen LogP contribution in [0.1, 0.15) is 42.8 Å². The second-order valence-corrected chi connectivity index (χ2v) is 8.97. The van der Waals surface area contributed by atoms with E-state index in [1.54, 1.807) is 11.3 Å². The Hall–Kier alpha value is -2.56. The fourth-order valence-corrected chi connectivity index (χ4v) is 5.24. The number of Topliss-reactive ketones (excluding diaryl/α,β-unsaturated/α-hetero) is 2. The lowest BCUT2D eigenvalue weighted by atomic mass is 9.79. The van der Waals surface area contributed by atoms with Crippen molar-refractivity contribution in [1.82, 2.24) is 4.90 Å². The number of rotatable bonds is 5. The highest BCUT2D eigenvalue weighted by atomic mass is 32.1. The van der Waals surface area contributed by atoms with Crippen molar-refractivity contribution in [1.29, 1.82) is 0 Å². The van der Waals surface area contributed by atoms with Crippen molar-refractivity contribution < 1.29 is 9.59 Å². The zero-order valence-electron chi connectivity index (χ0n) is 17.0. The SMILES string of the molecule is Cc1ccc(C(=O)[C@H]2[C@H](C(=O)c3ccc(C)cc3)CN(C)[C@H]2c2cccs2)cc1. The molecule has 0 unspecified atom stereocenters. The average molecular weight is 404 g/mol. The van der Waals surface area contributed by atoms with E-state index in [1.807, 2.05) is 80.9 Å². The van der Waals surface area contributed by atoms with Gasteiger partial charge in [-0.3, -0.25) is 14.5 Å². The van der Waals surface area contributed by atoms with E-state index >= 15 is 0 Å². The summed E-state index contributed by atoms with van der Waals surface area (Å²) in [4.78, 5) is 30.4. The van der Waals surface area contributed by atoms with Crippen molar-refractivity contribution in [3.63, 3.8) is 0 Å². The third kappa shape index (κ3) is 3.83. The maximum absolute atomic E-state index is 13.6. The van der Waals surface area contributed by atoms with E-state index in [2.05, 4.69) is 11.0 Å². The molecule has 1 saturated heterocycles. The van der Waals surface area contributed by atoms with Gasteiger partial charge in [0.05, 0.1) is 12.0 Å². The van der Waals surface area contributed by atoms with Gasteiger partial charge in [-0.2, -0.15) is 0 Å². The van der Waals surface area contributed by atoms with Gasteiger partial charge in [0.1, 0.15) is 0 Å². The summed E-state index contributed by atoms with van der Waals surface area (Å²) in [5, 5.41) is 2.03. The van der Waals surface area contributed by atoms with Crippen LogP contribution in [0.5, 0.6) is 0 Å². The number of hydrogen-bond donors (Lipinski definition) is 0. The maximum Gasteiger partial charge on any atom is 0.168 e. The predicted molar refractivity (Wildman–Crippen MR) is 118 cm³/mol. The zero-order chi connectivity index (χ0) is 20.5. The lowest BCUT2D eigenvalue weighted by molar-refractivity contribution is 0.0786. The molecule has 4 heteroatoms. The van der Waals surface area contributed by atoms with Crippen LogP contribution in [0.4, 0.5) is 0 Å². The van der Waals surface area contributed by atoms with Crippen molar-refractivity contribution in [2.45, 2.75) is 19.9 Å². The topological polar surface area (TPSA) is 37.4 Å². The smallest absolute Gasteiger partial charge is 0.168 e. The van der Waals surface area contributed by atoms with Crippen molar-refractivity contribution in [3.05, 3.63) is 93.2 Å². The molecule has 0 N–H and O–H groups in total. The molecule has 0 spiro atoms. The summed E-state index contributed by atoms with van der Waals surface area (Å²) >= 11 is 1.65. The van der Waals surface area contributed by atoms with Gasteiger partial charge in [-0.15, -0.1) is 11.3 Å². The Morgan fingerprint density at radius 3 is 1.93 bits per heavy atom. The Bertz CT molecular complexity index is 1010. The minimum Gasteiger partial charge on any atom is -0.297 e. The van der Waals surface area contributed by atoms with Crippen LogP contribution in [0.25, 0.3) is 0 Å². The average Bonchev–Trinajstić information content (AvgIpc) is 3.35. The fourth-order valence-electron chi connectivity index (χ4n) is 4.30. The molecule has 0 bridgehead atoms. The molecule has 1 aliphatic heterocycles. The molecule has 4 rings (SSSR count). The first-order valence-corrected chi connectivity index (χ1v) is 10.8. The molecule has 1 aliphatic rings. The molecule has 0 radical (unpaired) electrons. The van der Waals surface area contributed by atoms with Gasteiger partial charge in [0, 0.05) is 28.5 Å². The largest absolute Gasteiger partial charge is 0.297 e. The summed E-state index contributed by atoms with van der Waals surface area (Å²) in [7, 11) is 2.02. The van der Waals surface area contributed by atoms with Gasteiger partial charge in [0.15, 0.2) is 11.6 Å². The normalized spacial score (nSPS) is 22.0. The highest BCUT2D eigenvalue weighted by Crippen LogP contribution is 2.44. The zero-order valence-corrected chi connectivity index (χ0v) is 17.8. The number of hydrogen-bond acceptors (Lipinski definition) is 4. The van der Waals surface area contributed by atoms with Crippen LogP contribution in [0.3, 0.4) is 0 Å². The van der Waals surface area contributed by atoms with Crippen LogP contribution >= 0.6 is 11.3 Å². The van der Waals surface area contributed by atoms with E-state index in [4.69, 9.17) is 0 Å². The number of aryl methyl sites for hydroxylation is 2. The van der Waals surface area contributed by atoms with E-state index in [9.17, 15) is 9.59 Å². The Morgan fingerprint density at radius 2 is 1.41 bits per heavy atom. The molecule has 1 fully saturated rings. The highest BCUT2D eigenvalue weighted by molar-refractivity contribution is 7.10. The molecule has 0 saturated carbocycles. The third-order valence-corrected chi connectivity index (χ3v) is 6.82. The third-order valence-electron chi connectivity index (χ3n) is 5.88.